The number of nitrogens with zero attached hydrogens (tertiary/aromatic N) is 3. The number of hydrogen-bond acceptors (Lipinski definition) is 7. The molecule has 23 heavy (non-hydrogen) atoms. The van der Waals surface area contributed by atoms with Crippen LogP contribution in [0.4, 0.5) is 5.95 Å². The normalized spacial score (nSPS) is 10.8. The summed E-state index contributed by atoms with van der Waals surface area (Å²) in [6, 6.07) is 1.58. The summed E-state index contributed by atoms with van der Waals surface area (Å²) in [5.74, 6) is 0.757. The van der Waals surface area contributed by atoms with E-state index >= 15 is 0 Å². The first-order chi connectivity index (χ1) is 11.0. The third-order valence-corrected chi connectivity index (χ3v) is 3.43. The first kappa shape index (κ1) is 17.0. The van der Waals surface area contributed by atoms with E-state index in [0.717, 1.165) is 0 Å². The van der Waals surface area contributed by atoms with Crippen molar-refractivity contribution < 1.29 is 9.47 Å². The molecule has 122 valence electrons. The van der Waals surface area contributed by atoms with Crippen molar-refractivity contribution >= 4 is 35.4 Å². The summed E-state index contributed by atoms with van der Waals surface area (Å²) in [4.78, 5) is 13.9. The van der Waals surface area contributed by atoms with Gasteiger partial charge in [-0.15, -0.1) is 10.2 Å². The molecule has 1 aromatic heterocycles. The summed E-state index contributed by atoms with van der Waals surface area (Å²) < 4.78 is 10.3. The minimum atomic E-state index is -0.356. The fourth-order valence-electron chi connectivity index (χ4n) is 1.70. The predicted molar refractivity (Wildman–Crippen MR) is 88.2 cm³/mol. The molecule has 0 saturated heterocycles. The van der Waals surface area contributed by atoms with E-state index in [1.54, 1.807) is 13.0 Å². The lowest BCUT2D eigenvalue weighted by Gasteiger charge is -2.12. The van der Waals surface area contributed by atoms with Crippen LogP contribution < -0.4 is 20.5 Å². The van der Waals surface area contributed by atoms with Gasteiger partial charge in [0.05, 0.1) is 25.5 Å². The summed E-state index contributed by atoms with van der Waals surface area (Å²) in [5.41, 5.74) is 2.96. The molecule has 1 heterocycles. The van der Waals surface area contributed by atoms with E-state index in [1.807, 2.05) is 0 Å². The molecule has 0 atom stereocenters. The van der Waals surface area contributed by atoms with Crippen molar-refractivity contribution in [1.29, 1.82) is 0 Å². The van der Waals surface area contributed by atoms with Gasteiger partial charge in [-0.2, -0.15) is 5.10 Å². The van der Waals surface area contributed by atoms with E-state index < -0.39 is 0 Å². The van der Waals surface area contributed by atoms with Gasteiger partial charge in [-0.25, -0.2) is 5.43 Å². The van der Waals surface area contributed by atoms with Gasteiger partial charge >= 0.3 is 0 Å². The Hall–Kier alpha value is -2.32. The van der Waals surface area contributed by atoms with E-state index in [1.165, 1.54) is 20.4 Å². The number of H-pyrrole nitrogens is 1. The molecule has 0 bridgehead atoms. The smallest absolute Gasteiger partial charge is 0.274 e. The van der Waals surface area contributed by atoms with Crippen LogP contribution in [0, 0.1) is 6.92 Å². The number of ether oxygens (including phenoxy) is 2. The quantitative estimate of drug-likeness (QED) is 0.628. The number of anilines is 1. The van der Waals surface area contributed by atoms with Crippen LogP contribution in [0.2, 0.25) is 10.0 Å². The lowest BCUT2D eigenvalue weighted by atomic mass is 10.2. The average molecular weight is 358 g/mol. The minimum absolute atomic E-state index is 0.0986. The van der Waals surface area contributed by atoms with Crippen molar-refractivity contribution in [2.24, 2.45) is 5.10 Å². The van der Waals surface area contributed by atoms with Crippen LogP contribution in [0.25, 0.3) is 0 Å². The lowest BCUT2D eigenvalue weighted by molar-refractivity contribution is 0.394. The van der Waals surface area contributed by atoms with Crippen molar-refractivity contribution in [2.75, 3.05) is 19.6 Å². The maximum absolute atomic E-state index is 11.4. The zero-order valence-corrected chi connectivity index (χ0v) is 14.0. The first-order valence-electron chi connectivity index (χ1n) is 6.30. The highest BCUT2D eigenvalue weighted by Crippen LogP contribution is 2.41. The van der Waals surface area contributed by atoms with E-state index in [9.17, 15) is 4.79 Å². The molecular formula is C13H13Cl2N5O3. The highest BCUT2D eigenvalue weighted by atomic mass is 35.5. The molecule has 2 aromatic rings. The van der Waals surface area contributed by atoms with Crippen LogP contribution >= 0.6 is 23.2 Å². The lowest BCUT2D eigenvalue weighted by Crippen LogP contribution is -2.15. The fraction of sp³-hybridized carbons (Fsp3) is 0.231. The van der Waals surface area contributed by atoms with E-state index in [-0.39, 0.29) is 22.2 Å². The Balaban J connectivity index is 2.28. The van der Waals surface area contributed by atoms with Gasteiger partial charge in [0.15, 0.2) is 5.75 Å². The number of hydrogen-bond donors (Lipinski definition) is 2. The molecular weight excluding hydrogens is 345 g/mol. The Kier molecular flexibility index (Phi) is 5.41. The summed E-state index contributed by atoms with van der Waals surface area (Å²) in [7, 11) is 2.91. The number of hydrazone groups is 1. The third-order valence-electron chi connectivity index (χ3n) is 2.80. The number of aryl methyl sites for hydroxylation is 1. The number of halogens is 2. The molecule has 2 rings (SSSR count). The van der Waals surface area contributed by atoms with Crippen LogP contribution in [-0.2, 0) is 0 Å². The maximum atomic E-state index is 11.4. The highest BCUT2D eigenvalue weighted by molar-refractivity contribution is 6.38. The van der Waals surface area contributed by atoms with Gasteiger partial charge in [-0.3, -0.25) is 9.78 Å². The number of methoxy groups -OCH3 is 2. The van der Waals surface area contributed by atoms with E-state index in [0.29, 0.717) is 22.1 Å². The number of aromatic nitrogens is 3. The van der Waals surface area contributed by atoms with E-state index in [2.05, 4.69) is 25.7 Å². The van der Waals surface area contributed by atoms with Crippen LogP contribution in [0.5, 0.6) is 11.5 Å². The van der Waals surface area contributed by atoms with Crippen LogP contribution in [0.1, 0.15) is 11.3 Å². The molecule has 0 spiro atoms. The number of aromatic amines is 1. The van der Waals surface area contributed by atoms with Crippen molar-refractivity contribution in [1.82, 2.24) is 15.2 Å². The van der Waals surface area contributed by atoms with Crippen molar-refractivity contribution in [2.45, 2.75) is 6.92 Å². The maximum Gasteiger partial charge on any atom is 0.274 e. The summed E-state index contributed by atoms with van der Waals surface area (Å²) >= 11 is 12.2. The Labute approximate surface area is 141 Å². The third kappa shape index (κ3) is 3.72. The van der Waals surface area contributed by atoms with Crippen LogP contribution in [0.15, 0.2) is 16.0 Å². The molecule has 0 unspecified atom stereocenters. The average Bonchev–Trinajstić information content (AvgIpc) is 2.51. The van der Waals surface area contributed by atoms with Crippen LogP contribution in [-0.4, -0.2) is 35.6 Å². The fourth-order valence-corrected chi connectivity index (χ4v) is 2.40. The van der Waals surface area contributed by atoms with Gasteiger partial charge in [0.25, 0.3) is 5.56 Å². The largest absolute Gasteiger partial charge is 0.494 e. The highest BCUT2D eigenvalue weighted by Gasteiger charge is 2.16. The van der Waals surface area contributed by atoms with Crippen LogP contribution in [0.3, 0.4) is 0 Å². The Morgan fingerprint density at radius 1 is 1.26 bits per heavy atom. The van der Waals surface area contributed by atoms with Gasteiger partial charge in [0, 0.05) is 5.56 Å². The molecule has 0 fully saturated rings. The number of benzene rings is 1. The van der Waals surface area contributed by atoms with Gasteiger partial charge in [0.2, 0.25) is 5.95 Å². The summed E-state index contributed by atoms with van der Waals surface area (Å²) in [6.07, 6.45) is 1.41. The van der Waals surface area contributed by atoms with Gasteiger partial charge in [0.1, 0.15) is 16.5 Å². The molecule has 1 aromatic carbocycles. The van der Waals surface area contributed by atoms with Crippen molar-refractivity contribution in [3.8, 4) is 11.5 Å². The topological polar surface area (TPSA) is 101 Å². The number of rotatable bonds is 5. The molecule has 0 saturated carbocycles. The molecule has 0 amide bonds. The Morgan fingerprint density at radius 2 is 1.96 bits per heavy atom. The summed E-state index contributed by atoms with van der Waals surface area (Å²) in [6.45, 7) is 1.55. The molecule has 8 nitrogen and oxygen atoms in total. The second kappa shape index (κ2) is 7.30. The Morgan fingerprint density at radius 3 is 2.57 bits per heavy atom. The molecule has 0 aliphatic carbocycles. The predicted octanol–water partition coefficient (Wildman–Crippen LogP) is 2.24. The molecule has 0 aliphatic rings. The monoisotopic (exact) mass is 357 g/mol. The van der Waals surface area contributed by atoms with E-state index in [4.69, 9.17) is 32.7 Å². The molecule has 0 aliphatic heterocycles. The SMILES string of the molecule is COc1c(Cl)cc(/C=N/Nc2nnc(C)c(=O)[nH]2)c(OC)c1Cl. The number of nitrogens with one attached hydrogen (secondary N) is 2. The molecule has 2 N–H and O–H groups in total. The van der Waals surface area contributed by atoms with Crippen molar-refractivity contribution in [3.05, 3.63) is 37.7 Å². The standard InChI is InChI=1S/C13H13Cl2N5O3/c1-6-12(21)17-13(20-18-6)19-16-5-7-4-8(14)11(23-3)9(15)10(7)22-2/h4-5H,1-3H3,(H2,17,19,20,21)/b16-5+. The molecule has 0 radical (unpaired) electrons. The minimum Gasteiger partial charge on any atom is -0.494 e. The van der Waals surface area contributed by atoms with Gasteiger partial charge in [-0.1, -0.05) is 23.2 Å². The Bertz CT molecular complexity index is 807. The first-order valence-corrected chi connectivity index (χ1v) is 7.06. The zero-order chi connectivity index (χ0) is 17.0. The summed E-state index contributed by atoms with van der Waals surface area (Å²) in [5, 5.41) is 11.9. The zero-order valence-electron chi connectivity index (χ0n) is 12.5. The van der Waals surface area contributed by atoms with Crippen molar-refractivity contribution in [3.63, 3.8) is 0 Å². The second-order valence-electron chi connectivity index (χ2n) is 4.29. The second-order valence-corrected chi connectivity index (χ2v) is 5.07. The van der Waals surface area contributed by atoms with Gasteiger partial charge in [-0.05, 0) is 13.0 Å². The molecule has 10 heteroatoms. The van der Waals surface area contributed by atoms with Gasteiger partial charge < -0.3 is 9.47 Å².